The predicted octanol–water partition coefficient (Wildman–Crippen LogP) is 0.473. The van der Waals surface area contributed by atoms with Gasteiger partial charge in [-0.3, -0.25) is 9.59 Å². The molecule has 0 unspecified atom stereocenters. The van der Waals surface area contributed by atoms with Crippen LogP contribution in [0.5, 0.6) is 0 Å². The zero-order valence-corrected chi connectivity index (χ0v) is 10.1. The van der Waals surface area contributed by atoms with E-state index in [1.54, 1.807) is 12.3 Å². The highest BCUT2D eigenvalue weighted by Crippen LogP contribution is 2.36. The van der Waals surface area contributed by atoms with Crippen molar-refractivity contribution in [1.82, 2.24) is 4.98 Å². The van der Waals surface area contributed by atoms with Gasteiger partial charge in [0.1, 0.15) is 6.61 Å². The normalized spacial score (nSPS) is 23.5. The number of esters is 2. The topological polar surface area (TPSA) is 91.5 Å². The van der Waals surface area contributed by atoms with Crippen molar-refractivity contribution in [3.63, 3.8) is 0 Å². The maximum Gasteiger partial charge on any atom is 0.322 e. The zero-order valence-electron chi connectivity index (χ0n) is 9.26. The lowest BCUT2D eigenvalue weighted by Gasteiger charge is -2.20. The molecule has 1 saturated heterocycles. The van der Waals surface area contributed by atoms with Crippen molar-refractivity contribution in [2.75, 3.05) is 18.9 Å². The molecule has 0 saturated carbocycles. The van der Waals surface area contributed by atoms with Gasteiger partial charge in [-0.25, -0.2) is 4.98 Å². The van der Waals surface area contributed by atoms with Gasteiger partial charge in [-0.05, 0) is 6.92 Å². The van der Waals surface area contributed by atoms with Crippen LogP contribution in [-0.2, 0) is 24.5 Å². The van der Waals surface area contributed by atoms with E-state index in [4.69, 9.17) is 15.2 Å². The van der Waals surface area contributed by atoms with Crippen LogP contribution in [0.15, 0.2) is 5.38 Å². The third-order valence-electron chi connectivity index (χ3n) is 2.60. The minimum atomic E-state index is -1.12. The Morgan fingerprint density at radius 1 is 1.76 bits per heavy atom. The van der Waals surface area contributed by atoms with Gasteiger partial charge in [0.15, 0.2) is 10.5 Å². The number of hydrogen-bond donors (Lipinski definition) is 1. The van der Waals surface area contributed by atoms with E-state index in [0.29, 0.717) is 10.8 Å². The first-order valence-electron chi connectivity index (χ1n) is 5.13. The summed E-state index contributed by atoms with van der Waals surface area (Å²) < 4.78 is 9.88. The summed E-state index contributed by atoms with van der Waals surface area (Å²) in [6, 6.07) is 0. The third kappa shape index (κ3) is 1.97. The number of nitrogens with zero attached hydrogens (tertiary/aromatic N) is 1. The van der Waals surface area contributed by atoms with Crippen molar-refractivity contribution >= 4 is 28.4 Å². The molecule has 2 heterocycles. The van der Waals surface area contributed by atoms with Gasteiger partial charge in [0.2, 0.25) is 0 Å². The van der Waals surface area contributed by atoms with Gasteiger partial charge >= 0.3 is 11.9 Å². The number of carbonyl (C=O) groups is 2. The van der Waals surface area contributed by atoms with Gasteiger partial charge in [0, 0.05) is 5.38 Å². The highest BCUT2D eigenvalue weighted by molar-refractivity contribution is 7.13. The molecule has 92 valence electrons. The maximum absolute atomic E-state index is 12.0. The lowest BCUT2D eigenvalue weighted by atomic mass is 9.84. The van der Waals surface area contributed by atoms with Gasteiger partial charge in [-0.2, -0.15) is 0 Å². The summed E-state index contributed by atoms with van der Waals surface area (Å²) >= 11 is 1.22. The smallest absolute Gasteiger partial charge is 0.322 e. The number of cyclic esters (lactones) is 1. The van der Waals surface area contributed by atoms with Crippen LogP contribution in [-0.4, -0.2) is 30.1 Å². The molecular weight excluding hydrogens is 244 g/mol. The molecule has 1 aliphatic rings. The standard InChI is InChI=1S/C10H12N2O4S/c1-2-15-8(14)10(3-7(13)16-5-10)6-4-17-9(11)12-6/h4H,2-3,5H2,1H3,(H2,11,12)/t10-/m0/s1. The summed E-state index contributed by atoms with van der Waals surface area (Å²) in [7, 11) is 0. The first-order valence-corrected chi connectivity index (χ1v) is 6.01. The van der Waals surface area contributed by atoms with E-state index in [2.05, 4.69) is 4.98 Å². The number of anilines is 1. The third-order valence-corrected chi connectivity index (χ3v) is 3.28. The number of carbonyl (C=O) groups excluding carboxylic acids is 2. The van der Waals surface area contributed by atoms with Crippen LogP contribution >= 0.6 is 11.3 Å². The number of rotatable bonds is 3. The molecule has 1 aromatic rings. The number of ether oxygens (including phenoxy) is 2. The van der Waals surface area contributed by atoms with E-state index in [0.717, 1.165) is 0 Å². The average Bonchev–Trinajstić information content (AvgIpc) is 2.86. The largest absolute Gasteiger partial charge is 0.465 e. The molecule has 6 nitrogen and oxygen atoms in total. The lowest BCUT2D eigenvalue weighted by molar-refractivity contribution is -0.150. The Balaban J connectivity index is 2.37. The van der Waals surface area contributed by atoms with Crippen molar-refractivity contribution in [3.8, 4) is 0 Å². The summed E-state index contributed by atoms with van der Waals surface area (Å²) in [6.07, 6.45) is -0.0466. The second kappa shape index (κ2) is 4.33. The van der Waals surface area contributed by atoms with Crippen molar-refractivity contribution in [3.05, 3.63) is 11.1 Å². The zero-order chi connectivity index (χ0) is 12.5. The number of nitrogens with two attached hydrogens (primary N) is 1. The second-order valence-electron chi connectivity index (χ2n) is 3.71. The molecule has 0 aliphatic carbocycles. The molecule has 0 bridgehead atoms. The number of aromatic nitrogens is 1. The van der Waals surface area contributed by atoms with Crippen LogP contribution in [0.2, 0.25) is 0 Å². The number of nitrogen functional groups attached to an aromatic ring is 1. The van der Waals surface area contributed by atoms with Gasteiger partial charge in [0.25, 0.3) is 0 Å². The molecule has 1 atom stereocenters. The molecule has 1 fully saturated rings. The monoisotopic (exact) mass is 256 g/mol. The van der Waals surface area contributed by atoms with Crippen LogP contribution in [0.1, 0.15) is 19.0 Å². The molecule has 0 amide bonds. The Labute approximate surface area is 102 Å². The maximum atomic E-state index is 12.0. The van der Waals surface area contributed by atoms with Crippen molar-refractivity contribution in [1.29, 1.82) is 0 Å². The highest BCUT2D eigenvalue weighted by atomic mass is 32.1. The van der Waals surface area contributed by atoms with E-state index < -0.39 is 17.4 Å². The molecule has 0 spiro atoms. The molecule has 2 N–H and O–H groups in total. The Bertz CT molecular complexity index is 459. The summed E-state index contributed by atoms with van der Waals surface area (Å²) in [6.45, 7) is 1.92. The summed E-state index contributed by atoms with van der Waals surface area (Å²) in [4.78, 5) is 27.3. The lowest BCUT2D eigenvalue weighted by Crippen LogP contribution is -2.38. The Morgan fingerprint density at radius 3 is 3.00 bits per heavy atom. The fourth-order valence-electron chi connectivity index (χ4n) is 1.73. The molecule has 2 rings (SSSR count). The minimum absolute atomic E-state index is 0.0339. The summed E-state index contributed by atoms with van der Waals surface area (Å²) in [5, 5.41) is 2.01. The van der Waals surface area contributed by atoms with Gasteiger partial charge in [-0.15, -0.1) is 11.3 Å². The summed E-state index contributed by atoms with van der Waals surface area (Å²) in [5.74, 6) is -0.916. The van der Waals surface area contributed by atoms with E-state index >= 15 is 0 Å². The quantitative estimate of drug-likeness (QED) is 0.790. The van der Waals surface area contributed by atoms with Crippen molar-refractivity contribution in [2.24, 2.45) is 0 Å². The van der Waals surface area contributed by atoms with E-state index in [-0.39, 0.29) is 19.6 Å². The Morgan fingerprint density at radius 2 is 2.53 bits per heavy atom. The first-order chi connectivity index (χ1) is 8.08. The summed E-state index contributed by atoms with van der Waals surface area (Å²) in [5.41, 5.74) is 4.87. The van der Waals surface area contributed by atoms with Gasteiger partial charge < -0.3 is 15.2 Å². The fourth-order valence-corrected chi connectivity index (χ4v) is 2.39. The number of hydrogen-bond acceptors (Lipinski definition) is 7. The van der Waals surface area contributed by atoms with E-state index in [1.165, 1.54) is 11.3 Å². The van der Waals surface area contributed by atoms with E-state index in [1.807, 2.05) is 0 Å². The van der Waals surface area contributed by atoms with E-state index in [9.17, 15) is 9.59 Å². The molecule has 7 heteroatoms. The van der Waals surface area contributed by atoms with Crippen molar-refractivity contribution < 1.29 is 19.1 Å². The van der Waals surface area contributed by atoms with Crippen LogP contribution < -0.4 is 5.73 Å². The average molecular weight is 256 g/mol. The minimum Gasteiger partial charge on any atom is -0.465 e. The SMILES string of the molecule is CCOC(=O)[C@]1(c2csc(N)n2)COC(=O)C1. The van der Waals surface area contributed by atoms with Crippen LogP contribution in [0.25, 0.3) is 0 Å². The van der Waals surface area contributed by atoms with Crippen LogP contribution in [0.3, 0.4) is 0 Å². The molecular formula is C10H12N2O4S. The van der Waals surface area contributed by atoms with Crippen LogP contribution in [0.4, 0.5) is 5.13 Å². The van der Waals surface area contributed by atoms with Gasteiger partial charge in [0.05, 0.1) is 18.7 Å². The second-order valence-corrected chi connectivity index (χ2v) is 4.60. The number of thiazole rings is 1. The van der Waals surface area contributed by atoms with Crippen molar-refractivity contribution in [2.45, 2.75) is 18.8 Å². The Hall–Kier alpha value is -1.63. The Kier molecular flexibility index (Phi) is 3.01. The highest BCUT2D eigenvalue weighted by Gasteiger charge is 2.51. The first kappa shape index (κ1) is 11.8. The fraction of sp³-hybridized carbons (Fsp3) is 0.500. The molecule has 1 aromatic heterocycles. The van der Waals surface area contributed by atoms with Crippen LogP contribution in [0, 0.1) is 0 Å². The molecule has 1 aliphatic heterocycles. The molecule has 0 aromatic carbocycles. The van der Waals surface area contributed by atoms with Gasteiger partial charge in [-0.1, -0.05) is 0 Å². The molecule has 17 heavy (non-hydrogen) atoms. The molecule has 0 radical (unpaired) electrons. The predicted molar refractivity (Wildman–Crippen MR) is 60.4 cm³/mol.